The van der Waals surface area contributed by atoms with Crippen molar-refractivity contribution in [2.75, 3.05) is 6.61 Å². The topological polar surface area (TPSA) is 26.3 Å². The molecule has 0 saturated heterocycles. The van der Waals surface area contributed by atoms with E-state index in [2.05, 4.69) is 6.92 Å². The smallest absolute Gasteiger partial charge is 0.133 e. The maximum Gasteiger partial charge on any atom is 0.133 e. The van der Waals surface area contributed by atoms with Gasteiger partial charge in [0, 0.05) is 19.4 Å². The van der Waals surface area contributed by atoms with Crippen LogP contribution < -0.4 is 0 Å². The Morgan fingerprint density at radius 3 is 2.22 bits per heavy atom. The Balaban J connectivity index is 1.59. The van der Waals surface area contributed by atoms with Crippen LogP contribution in [0.2, 0.25) is 0 Å². The zero-order valence-electron chi connectivity index (χ0n) is 11.8. The van der Waals surface area contributed by atoms with E-state index < -0.39 is 0 Å². The van der Waals surface area contributed by atoms with E-state index in [9.17, 15) is 4.79 Å². The Hall–Kier alpha value is -0.370. The highest BCUT2D eigenvalue weighted by molar-refractivity contribution is 5.79. The van der Waals surface area contributed by atoms with Crippen molar-refractivity contribution in [3.05, 3.63) is 0 Å². The molecule has 0 aromatic rings. The minimum Gasteiger partial charge on any atom is -0.378 e. The Bertz CT molecular complexity index is 244. The number of hydrogen-bond donors (Lipinski definition) is 0. The van der Waals surface area contributed by atoms with E-state index in [4.69, 9.17) is 4.74 Å². The summed E-state index contributed by atoms with van der Waals surface area (Å²) in [7, 11) is 0. The zero-order valence-corrected chi connectivity index (χ0v) is 11.8. The molecule has 2 fully saturated rings. The van der Waals surface area contributed by atoms with Crippen LogP contribution in [0, 0.1) is 11.8 Å². The molecule has 2 aliphatic rings. The Labute approximate surface area is 111 Å². The molecule has 2 rings (SSSR count). The fourth-order valence-electron chi connectivity index (χ4n) is 3.45. The SMILES string of the molecule is CCCC1CCC(COC2CCC(=O)CC2)CC1. The van der Waals surface area contributed by atoms with Crippen LogP contribution in [0.5, 0.6) is 0 Å². The van der Waals surface area contributed by atoms with Gasteiger partial charge in [-0.25, -0.2) is 0 Å². The highest BCUT2D eigenvalue weighted by Gasteiger charge is 2.23. The average molecular weight is 252 g/mol. The van der Waals surface area contributed by atoms with E-state index >= 15 is 0 Å². The van der Waals surface area contributed by atoms with E-state index in [1.165, 1.54) is 38.5 Å². The molecule has 2 nitrogen and oxygen atoms in total. The van der Waals surface area contributed by atoms with Gasteiger partial charge in [0.05, 0.1) is 6.10 Å². The molecule has 0 aromatic carbocycles. The fraction of sp³-hybridized carbons (Fsp3) is 0.938. The lowest BCUT2D eigenvalue weighted by molar-refractivity contribution is -0.123. The summed E-state index contributed by atoms with van der Waals surface area (Å²) >= 11 is 0. The van der Waals surface area contributed by atoms with Crippen LogP contribution in [0.25, 0.3) is 0 Å². The molecule has 0 spiro atoms. The summed E-state index contributed by atoms with van der Waals surface area (Å²) in [5.74, 6) is 2.20. The molecule has 2 saturated carbocycles. The summed E-state index contributed by atoms with van der Waals surface area (Å²) in [4.78, 5) is 11.2. The van der Waals surface area contributed by atoms with Crippen molar-refractivity contribution in [1.82, 2.24) is 0 Å². The average Bonchev–Trinajstić information content (AvgIpc) is 2.40. The monoisotopic (exact) mass is 252 g/mol. The second-order valence-electron chi connectivity index (χ2n) is 6.25. The van der Waals surface area contributed by atoms with E-state index in [-0.39, 0.29) is 0 Å². The lowest BCUT2D eigenvalue weighted by Gasteiger charge is -2.30. The Morgan fingerprint density at radius 2 is 1.61 bits per heavy atom. The molecule has 0 amide bonds. The maximum atomic E-state index is 11.2. The largest absolute Gasteiger partial charge is 0.378 e. The van der Waals surface area contributed by atoms with Crippen molar-refractivity contribution in [1.29, 1.82) is 0 Å². The van der Waals surface area contributed by atoms with Crippen LogP contribution >= 0.6 is 0 Å². The van der Waals surface area contributed by atoms with Gasteiger partial charge in [-0.3, -0.25) is 4.79 Å². The van der Waals surface area contributed by atoms with Gasteiger partial charge in [-0.15, -0.1) is 0 Å². The van der Waals surface area contributed by atoms with Crippen LogP contribution in [-0.2, 0) is 9.53 Å². The summed E-state index contributed by atoms with van der Waals surface area (Å²) in [6.45, 7) is 3.23. The molecule has 18 heavy (non-hydrogen) atoms. The maximum absolute atomic E-state index is 11.2. The fourth-order valence-corrected chi connectivity index (χ4v) is 3.45. The quantitative estimate of drug-likeness (QED) is 0.735. The summed E-state index contributed by atoms with van der Waals surface area (Å²) in [6, 6.07) is 0. The van der Waals surface area contributed by atoms with E-state index in [1.54, 1.807) is 0 Å². The molecular formula is C16H28O2. The number of rotatable bonds is 5. The first-order chi connectivity index (χ1) is 8.78. The molecule has 0 atom stereocenters. The van der Waals surface area contributed by atoms with Crippen molar-refractivity contribution in [3.8, 4) is 0 Å². The molecule has 2 heteroatoms. The van der Waals surface area contributed by atoms with Crippen LogP contribution in [0.15, 0.2) is 0 Å². The van der Waals surface area contributed by atoms with Gasteiger partial charge in [-0.1, -0.05) is 32.6 Å². The number of ether oxygens (including phenoxy) is 1. The van der Waals surface area contributed by atoms with Crippen molar-refractivity contribution >= 4 is 5.78 Å². The van der Waals surface area contributed by atoms with Gasteiger partial charge >= 0.3 is 0 Å². The zero-order chi connectivity index (χ0) is 12.8. The van der Waals surface area contributed by atoms with Crippen LogP contribution in [0.4, 0.5) is 0 Å². The number of carbonyl (C=O) groups excluding carboxylic acids is 1. The molecule has 0 aliphatic heterocycles. The predicted octanol–water partition coefficient (Wildman–Crippen LogP) is 4.12. The molecule has 0 radical (unpaired) electrons. The Kier molecular flexibility index (Phi) is 5.68. The third-order valence-corrected chi connectivity index (χ3v) is 4.72. The van der Waals surface area contributed by atoms with E-state index in [0.717, 1.165) is 44.1 Å². The van der Waals surface area contributed by atoms with Crippen molar-refractivity contribution < 1.29 is 9.53 Å². The number of carbonyl (C=O) groups is 1. The van der Waals surface area contributed by atoms with Crippen LogP contribution in [0.1, 0.15) is 71.1 Å². The van der Waals surface area contributed by atoms with Gasteiger partial charge < -0.3 is 4.74 Å². The predicted molar refractivity (Wildman–Crippen MR) is 73.6 cm³/mol. The molecule has 0 bridgehead atoms. The lowest BCUT2D eigenvalue weighted by Crippen LogP contribution is -2.26. The van der Waals surface area contributed by atoms with Gasteiger partial charge in [-0.05, 0) is 37.5 Å². The molecule has 0 aromatic heterocycles. The van der Waals surface area contributed by atoms with Gasteiger partial charge in [0.15, 0.2) is 0 Å². The van der Waals surface area contributed by atoms with Crippen LogP contribution in [0.3, 0.4) is 0 Å². The summed E-state index contributed by atoms with van der Waals surface area (Å²) in [5, 5.41) is 0. The first-order valence-corrected chi connectivity index (χ1v) is 7.91. The number of ketones is 1. The van der Waals surface area contributed by atoms with Gasteiger partial charge in [0.1, 0.15) is 5.78 Å². The normalized spacial score (nSPS) is 30.6. The first kappa shape index (κ1) is 14.0. The third-order valence-electron chi connectivity index (χ3n) is 4.72. The third kappa shape index (κ3) is 4.38. The second-order valence-corrected chi connectivity index (χ2v) is 6.25. The highest BCUT2D eigenvalue weighted by atomic mass is 16.5. The minimum absolute atomic E-state index is 0.371. The molecule has 0 heterocycles. The van der Waals surface area contributed by atoms with Crippen molar-refractivity contribution in [2.45, 2.75) is 77.2 Å². The minimum atomic E-state index is 0.371. The summed E-state index contributed by atoms with van der Waals surface area (Å²) in [6.07, 6.45) is 12.1. The molecule has 2 aliphatic carbocycles. The van der Waals surface area contributed by atoms with Crippen molar-refractivity contribution in [2.24, 2.45) is 11.8 Å². The molecule has 104 valence electrons. The van der Waals surface area contributed by atoms with E-state index in [0.29, 0.717) is 11.9 Å². The Morgan fingerprint density at radius 1 is 1.00 bits per heavy atom. The van der Waals surface area contributed by atoms with Gasteiger partial charge in [0.2, 0.25) is 0 Å². The number of hydrogen-bond acceptors (Lipinski definition) is 2. The molecule has 0 unspecified atom stereocenters. The van der Waals surface area contributed by atoms with Crippen molar-refractivity contribution in [3.63, 3.8) is 0 Å². The second kappa shape index (κ2) is 7.28. The summed E-state index contributed by atoms with van der Waals surface area (Å²) < 4.78 is 6.01. The van der Waals surface area contributed by atoms with E-state index in [1.807, 2.05) is 0 Å². The number of Topliss-reactive ketones (excluding diaryl/α,β-unsaturated/α-hetero) is 1. The highest BCUT2D eigenvalue weighted by Crippen LogP contribution is 2.32. The standard InChI is InChI=1S/C16H28O2/c1-2-3-13-4-6-14(7-5-13)12-18-16-10-8-15(17)9-11-16/h13-14,16H,2-12H2,1H3. The summed E-state index contributed by atoms with van der Waals surface area (Å²) in [5.41, 5.74) is 0. The lowest BCUT2D eigenvalue weighted by atomic mass is 9.80. The molecule has 0 N–H and O–H groups in total. The molecular weight excluding hydrogens is 224 g/mol. The van der Waals surface area contributed by atoms with Crippen LogP contribution in [-0.4, -0.2) is 18.5 Å². The first-order valence-electron chi connectivity index (χ1n) is 7.91. The van der Waals surface area contributed by atoms with Gasteiger partial charge in [0.25, 0.3) is 0 Å². The van der Waals surface area contributed by atoms with Gasteiger partial charge in [-0.2, -0.15) is 0 Å².